The molecule has 4 heteroatoms. The second-order valence-corrected chi connectivity index (χ2v) is 5.77. The lowest BCUT2D eigenvalue weighted by Gasteiger charge is -2.27. The van der Waals surface area contributed by atoms with Crippen LogP contribution in [0.4, 0.5) is 0 Å². The predicted octanol–water partition coefficient (Wildman–Crippen LogP) is 1.28. The van der Waals surface area contributed by atoms with E-state index in [-0.39, 0.29) is 11.9 Å². The zero-order valence-electron chi connectivity index (χ0n) is 12.5. The number of benzene rings is 1. The number of hydrogen-bond acceptors (Lipinski definition) is 3. The van der Waals surface area contributed by atoms with Crippen molar-refractivity contribution in [3.63, 3.8) is 0 Å². The van der Waals surface area contributed by atoms with Gasteiger partial charge in [0, 0.05) is 39.6 Å². The van der Waals surface area contributed by atoms with Crippen LogP contribution in [0.3, 0.4) is 0 Å². The van der Waals surface area contributed by atoms with Crippen LogP contribution in [-0.2, 0) is 4.79 Å². The Hall–Kier alpha value is -1.39. The van der Waals surface area contributed by atoms with Crippen LogP contribution in [0, 0.1) is 0 Å². The molecule has 1 fully saturated rings. The molecule has 1 aliphatic rings. The van der Waals surface area contributed by atoms with Crippen LogP contribution in [0.5, 0.6) is 0 Å². The van der Waals surface area contributed by atoms with Crippen molar-refractivity contribution in [2.75, 3.05) is 33.7 Å². The third kappa shape index (κ3) is 3.58. The van der Waals surface area contributed by atoms with Crippen LogP contribution in [0.25, 0.3) is 0 Å². The first kappa shape index (κ1) is 15.0. The summed E-state index contributed by atoms with van der Waals surface area (Å²) in [6.07, 6.45) is 1.67. The first-order valence-corrected chi connectivity index (χ1v) is 7.31. The van der Waals surface area contributed by atoms with E-state index in [1.54, 1.807) is 19.0 Å². The Bertz CT molecular complexity index is 433. The summed E-state index contributed by atoms with van der Waals surface area (Å²) in [5.74, 6) is 0.725. The molecule has 110 valence electrons. The molecular weight excluding hydrogens is 250 g/mol. The molecule has 1 aromatic rings. The van der Waals surface area contributed by atoms with Gasteiger partial charge in [0.1, 0.15) is 0 Å². The number of nitrogens with zero attached hydrogens (tertiary/aromatic N) is 2. The van der Waals surface area contributed by atoms with Crippen molar-refractivity contribution in [1.82, 2.24) is 9.80 Å². The van der Waals surface area contributed by atoms with Gasteiger partial charge in [-0.15, -0.1) is 0 Å². The molecule has 0 saturated carbocycles. The fraction of sp³-hybridized carbons (Fsp3) is 0.562. The van der Waals surface area contributed by atoms with Gasteiger partial charge >= 0.3 is 0 Å². The minimum absolute atomic E-state index is 0.156. The van der Waals surface area contributed by atoms with Gasteiger partial charge in [0.05, 0.1) is 0 Å². The minimum atomic E-state index is 0.156. The van der Waals surface area contributed by atoms with E-state index >= 15 is 0 Å². The van der Waals surface area contributed by atoms with E-state index in [9.17, 15) is 4.79 Å². The van der Waals surface area contributed by atoms with E-state index in [4.69, 9.17) is 5.73 Å². The number of carbonyl (C=O) groups excluding carboxylic acids is 1. The third-order valence-electron chi connectivity index (χ3n) is 4.19. The van der Waals surface area contributed by atoms with Gasteiger partial charge in [-0.1, -0.05) is 30.3 Å². The molecule has 0 bridgehead atoms. The third-order valence-corrected chi connectivity index (χ3v) is 4.19. The van der Waals surface area contributed by atoms with Gasteiger partial charge in [0.25, 0.3) is 0 Å². The second-order valence-electron chi connectivity index (χ2n) is 5.77. The molecule has 0 spiro atoms. The van der Waals surface area contributed by atoms with Gasteiger partial charge in [0.15, 0.2) is 0 Å². The summed E-state index contributed by atoms with van der Waals surface area (Å²) in [6.45, 7) is 2.58. The highest BCUT2D eigenvalue weighted by Gasteiger charge is 2.29. The van der Waals surface area contributed by atoms with E-state index in [0.29, 0.717) is 18.9 Å². The second kappa shape index (κ2) is 6.86. The molecule has 2 rings (SSSR count). The Labute approximate surface area is 121 Å². The normalized spacial score (nSPS) is 20.9. The Kier molecular flexibility index (Phi) is 5.15. The summed E-state index contributed by atoms with van der Waals surface area (Å²) in [7, 11) is 3.60. The van der Waals surface area contributed by atoms with E-state index in [1.165, 1.54) is 5.56 Å². The molecule has 1 aromatic carbocycles. The Morgan fingerprint density at radius 2 is 2.10 bits per heavy atom. The quantitative estimate of drug-likeness (QED) is 0.881. The lowest BCUT2D eigenvalue weighted by molar-refractivity contribution is -0.129. The number of rotatable bonds is 5. The molecule has 0 aliphatic carbocycles. The molecule has 2 unspecified atom stereocenters. The van der Waals surface area contributed by atoms with Crippen LogP contribution < -0.4 is 5.73 Å². The van der Waals surface area contributed by atoms with E-state index in [2.05, 4.69) is 35.2 Å². The van der Waals surface area contributed by atoms with Crippen LogP contribution in [-0.4, -0.2) is 55.5 Å². The highest BCUT2D eigenvalue weighted by Crippen LogP contribution is 2.28. The van der Waals surface area contributed by atoms with Crippen molar-refractivity contribution in [1.29, 1.82) is 0 Å². The number of likely N-dealkylation sites (tertiary alicyclic amines) is 1. The number of hydrogen-bond donors (Lipinski definition) is 1. The molecule has 1 saturated heterocycles. The van der Waals surface area contributed by atoms with Crippen LogP contribution in [0.1, 0.15) is 24.3 Å². The zero-order chi connectivity index (χ0) is 14.5. The summed E-state index contributed by atoms with van der Waals surface area (Å²) < 4.78 is 0. The summed E-state index contributed by atoms with van der Waals surface area (Å²) in [4.78, 5) is 15.9. The van der Waals surface area contributed by atoms with Gasteiger partial charge in [-0.2, -0.15) is 0 Å². The fourth-order valence-electron chi connectivity index (χ4n) is 2.86. The van der Waals surface area contributed by atoms with Gasteiger partial charge in [0.2, 0.25) is 5.91 Å². The van der Waals surface area contributed by atoms with Crippen molar-refractivity contribution in [2.24, 2.45) is 5.73 Å². The van der Waals surface area contributed by atoms with Crippen LogP contribution >= 0.6 is 0 Å². The Morgan fingerprint density at radius 3 is 2.70 bits per heavy atom. The molecule has 1 amide bonds. The molecule has 0 radical (unpaired) electrons. The maximum atomic E-state index is 11.9. The van der Waals surface area contributed by atoms with Gasteiger partial charge in [-0.25, -0.2) is 0 Å². The van der Waals surface area contributed by atoms with Gasteiger partial charge < -0.3 is 10.6 Å². The van der Waals surface area contributed by atoms with Crippen molar-refractivity contribution < 1.29 is 4.79 Å². The standard InChI is InChI=1S/C16H25N3O/c1-18(2)16(20)10-15(11-17)19-9-8-14(12-19)13-6-4-3-5-7-13/h3-7,14-15H,8-12,17H2,1-2H3. The molecule has 20 heavy (non-hydrogen) atoms. The summed E-state index contributed by atoms with van der Waals surface area (Å²) in [5.41, 5.74) is 7.27. The van der Waals surface area contributed by atoms with E-state index < -0.39 is 0 Å². The summed E-state index contributed by atoms with van der Waals surface area (Å²) in [5, 5.41) is 0. The number of carbonyl (C=O) groups is 1. The van der Waals surface area contributed by atoms with Gasteiger partial charge in [-0.05, 0) is 24.4 Å². The molecule has 0 aromatic heterocycles. The molecule has 1 heterocycles. The average Bonchev–Trinajstić information content (AvgIpc) is 2.95. The predicted molar refractivity (Wildman–Crippen MR) is 81.5 cm³/mol. The zero-order valence-corrected chi connectivity index (χ0v) is 12.5. The largest absolute Gasteiger partial charge is 0.349 e. The highest BCUT2D eigenvalue weighted by molar-refractivity contribution is 5.76. The van der Waals surface area contributed by atoms with Crippen LogP contribution in [0.15, 0.2) is 30.3 Å². The molecular formula is C16H25N3O. The van der Waals surface area contributed by atoms with Crippen molar-refractivity contribution in [3.05, 3.63) is 35.9 Å². The van der Waals surface area contributed by atoms with Crippen molar-refractivity contribution >= 4 is 5.91 Å². The number of nitrogens with two attached hydrogens (primary N) is 1. The average molecular weight is 275 g/mol. The first-order valence-electron chi connectivity index (χ1n) is 7.31. The van der Waals surface area contributed by atoms with E-state index in [0.717, 1.165) is 19.5 Å². The fourth-order valence-corrected chi connectivity index (χ4v) is 2.86. The van der Waals surface area contributed by atoms with Crippen molar-refractivity contribution in [3.8, 4) is 0 Å². The SMILES string of the molecule is CN(C)C(=O)CC(CN)N1CCC(c2ccccc2)C1. The molecule has 2 N–H and O–H groups in total. The molecule has 2 atom stereocenters. The smallest absolute Gasteiger partial charge is 0.223 e. The minimum Gasteiger partial charge on any atom is -0.349 e. The van der Waals surface area contributed by atoms with Crippen LogP contribution in [0.2, 0.25) is 0 Å². The lowest BCUT2D eigenvalue weighted by atomic mass is 9.99. The maximum Gasteiger partial charge on any atom is 0.223 e. The molecule has 1 aliphatic heterocycles. The summed E-state index contributed by atoms with van der Waals surface area (Å²) in [6, 6.07) is 10.8. The lowest BCUT2D eigenvalue weighted by Crippen LogP contribution is -2.42. The van der Waals surface area contributed by atoms with E-state index in [1.807, 2.05) is 0 Å². The highest BCUT2D eigenvalue weighted by atomic mass is 16.2. The number of amides is 1. The Balaban J connectivity index is 1.95. The monoisotopic (exact) mass is 275 g/mol. The topological polar surface area (TPSA) is 49.6 Å². The summed E-state index contributed by atoms with van der Waals surface area (Å²) >= 11 is 0. The Morgan fingerprint density at radius 1 is 1.40 bits per heavy atom. The van der Waals surface area contributed by atoms with Crippen molar-refractivity contribution in [2.45, 2.75) is 24.8 Å². The maximum absolute atomic E-state index is 11.9. The van der Waals surface area contributed by atoms with Gasteiger partial charge in [-0.3, -0.25) is 9.69 Å². The molecule has 4 nitrogen and oxygen atoms in total. The first-order chi connectivity index (χ1) is 9.61.